The zero-order chi connectivity index (χ0) is 12.0. The van der Waals surface area contributed by atoms with Gasteiger partial charge >= 0.3 is 64.3 Å². The smallest absolute Gasteiger partial charge is 0.471 e. The van der Waals surface area contributed by atoms with Crippen molar-refractivity contribution in [2.75, 3.05) is 13.2 Å². The molecule has 0 aromatic carbocycles. The van der Waals surface area contributed by atoms with Crippen LogP contribution in [0.5, 0.6) is 0 Å². The average Bonchev–Trinajstić information content (AvgIpc) is 2.86. The molecule has 2 aliphatic rings. The van der Waals surface area contributed by atoms with Gasteiger partial charge in [-0.05, 0) is 6.42 Å². The molecule has 0 aromatic heterocycles. The van der Waals surface area contributed by atoms with E-state index in [2.05, 4.69) is 5.32 Å². The predicted molar refractivity (Wildman–Crippen MR) is 58.5 cm³/mol. The molecule has 0 spiro atoms. The Morgan fingerprint density at radius 3 is 2.76 bits per heavy atom. The van der Waals surface area contributed by atoms with E-state index in [9.17, 15) is 4.79 Å². The predicted octanol–water partition coefficient (Wildman–Crippen LogP) is -1.31. The number of ether oxygens (including phenoxy) is 3. The van der Waals surface area contributed by atoms with E-state index >= 15 is 0 Å². The van der Waals surface area contributed by atoms with E-state index in [1.807, 2.05) is 13.8 Å². The molecule has 0 radical (unpaired) electrons. The monoisotopic (exact) mass is 315 g/mol. The summed E-state index contributed by atoms with van der Waals surface area (Å²) in [6, 6.07) is 0. The van der Waals surface area contributed by atoms with E-state index in [4.69, 9.17) is 14.2 Å². The van der Waals surface area contributed by atoms with Crippen LogP contribution in [0, 0.1) is 12.5 Å². The first-order valence-electron chi connectivity index (χ1n) is 5.79. The minimum Gasteiger partial charge on any atom is -0.471 e. The largest absolute Gasteiger partial charge is 1.00 e. The SMILES string of the molecule is CC.C[CH-]NC(=O)OC1COC2OCCC12.[Rb+]. The molecule has 2 saturated heterocycles. The zero-order valence-corrected chi connectivity index (χ0v) is 16.0. The number of rotatable bonds is 2. The van der Waals surface area contributed by atoms with Crippen molar-refractivity contribution >= 4 is 6.09 Å². The van der Waals surface area contributed by atoms with Crippen molar-refractivity contribution < 1.29 is 77.2 Å². The number of alkyl carbamates (subject to hydrolysis) is 1. The fourth-order valence-electron chi connectivity index (χ4n) is 1.84. The van der Waals surface area contributed by atoms with Crippen molar-refractivity contribution in [2.24, 2.45) is 5.92 Å². The second-order valence-electron chi connectivity index (χ2n) is 3.40. The maximum absolute atomic E-state index is 11.1. The van der Waals surface area contributed by atoms with Gasteiger partial charge in [-0.25, -0.2) is 11.3 Å². The van der Waals surface area contributed by atoms with Gasteiger partial charge in [-0.1, -0.05) is 13.8 Å². The Kier molecular flexibility index (Phi) is 10.4. The van der Waals surface area contributed by atoms with Crippen LogP contribution in [0.2, 0.25) is 0 Å². The summed E-state index contributed by atoms with van der Waals surface area (Å²) in [5.41, 5.74) is 0. The Morgan fingerprint density at radius 1 is 1.41 bits per heavy atom. The van der Waals surface area contributed by atoms with Gasteiger partial charge in [-0.2, -0.15) is 6.92 Å². The third kappa shape index (κ3) is 5.24. The second kappa shape index (κ2) is 9.86. The first-order chi connectivity index (χ1) is 7.81. The number of carbonyl (C=O) groups is 1. The van der Waals surface area contributed by atoms with Gasteiger partial charge in [-0.3, -0.25) is 0 Å². The van der Waals surface area contributed by atoms with Crippen LogP contribution < -0.4 is 63.5 Å². The van der Waals surface area contributed by atoms with Crippen LogP contribution >= 0.6 is 0 Å². The van der Waals surface area contributed by atoms with Crippen molar-refractivity contribution in [3.8, 4) is 0 Å². The average molecular weight is 316 g/mol. The van der Waals surface area contributed by atoms with Gasteiger partial charge in [0.15, 0.2) is 6.29 Å². The number of nitrogens with one attached hydrogen (secondary N) is 1. The van der Waals surface area contributed by atoms with E-state index < -0.39 is 6.09 Å². The Balaban J connectivity index is 0.000000811. The molecule has 2 aliphatic heterocycles. The Hall–Kier alpha value is 0.995. The summed E-state index contributed by atoms with van der Waals surface area (Å²) in [6.07, 6.45) is 0.146. The van der Waals surface area contributed by atoms with Crippen LogP contribution in [0.15, 0.2) is 0 Å². The molecule has 0 saturated carbocycles. The molecule has 0 aliphatic carbocycles. The van der Waals surface area contributed by atoms with Gasteiger partial charge in [-0.15, -0.1) is 0 Å². The topological polar surface area (TPSA) is 56.8 Å². The maximum Gasteiger partial charge on any atom is 1.00 e. The van der Waals surface area contributed by atoms with Gasteiger partial charge in [0.2, 0.25) is 0 Å². The van der Waals surface area contributed by atoms with Gasteiger partial charge in [0.25, 0.3) is 0 Å². The summed E-state index contributed by atoms with van der Waals surface area (Å²) in [5.74, 6) is 0.206. The molecule has 6 heteroatoms. The molecular formula is C11H20NO4Rb. The number of hydrogen-bond acceptors (Lipinski definition) is 4. The number of carbonyl (C=O) groups excluding carboxylic acids is 1. The fraction of sp³-hybridized carbons (Fsp3) is 0.818. The summed E-state index contributed by atoms with van der Waals surface area (Å²) in [5, 5.41) is 2.47. The third-order valence-electron chi connectivity index (χ3n) is 2.51. The molecule has 0 bridgehead atoms. The quantitative estimate of drug-likeness (QED) is 0.643. The van der Waals surface area contributed by atoms with Gasteiger partial charge < -0.3 is 19.5 Å². The molecular weight excluding hydrogens is 296 g/mol. The summed E-state index contributed by atoms with van der Waals surface area (Å²) >= 11 is 0. The molecule has 2 heterocycles. The molecule has 5 nitrogen and oxygen atoms in total. The second-order valence-corrected chi connectivity index (χ2v) is 3.40. The van der Waals surface area contributed by atoms with Crippen molar-refractivity contribution in [3.05, 3.63) is 6.54 Å². The number of amides is 1. The first kappa shape index (κ1) is 18.0. The molecule has 1 N–H and O–H groups in total. The molecule has 17 heavy (non-hydrogen) atoms. The molecule has 2 rings (SSSR count). The molecule has 94 valence electrons. The van der Waals surface area contributed by atoms with Crippen LogP contribution in [0.3, 0.4) is 0 Å². The normalized spacial score (nSPS) is 29.5. The molecule has 3 atom stereocenters. The van der Waals surface area contributed by atoms with Crippen molar-refractivity contribution in [1.29, 1.82) is 0 Å². The zero-order valence-electron chi connectivity index (χ0n) is 11.1. The molecule has 3 unspecified atom stereocenters. The molecule has 0 aromatic rings. The van der Waals surface area contributed by atoms with Gasteiger partial charge in [0.05, 0.1) is 19.1 Å². The van der Waals surface area contributed by atoms with Crippen LogP contribution in [-0.4, -0.2) is 31.7 Å². The number of fused-ring (bicyclic) bond motifs is 1. The summed E-state index contributed by atoms with van der Waals surface area (Å²) in [4.78, 5) is 11.1. The molecule has 1 amide bonds. The third-order valence-corrected chi connectivity index (χ3v) is 2.51. The Morgan fingerprint density at radius 2 is 2.12 bits per heavy atom. The van der Waals surface area contributed by atoms with Crippen LogP contribution in [0.1, 0.15) is 27.2 Å². The first-order valence-corrected chi connectivity index (χ1v) is 5.79. The maximum atomic E-state index is 11.1. The van der Waals surface area contributed by atoms with Crippen LogP contribution in [-0.2, 0) is 14.2 Å². The molecule has 2 fully saturated rings. The minimum atomic E-state index is -0.423. The summed E-state index contributed by atoms with van der Waals surface area (Å²) in [7, 11) is 0. The van der Waals surface area contributed by atoms with E-state index in [-0.39, 0.29) is 76.5 Å². The van der Waals surface area contributed by atoms with Gasteiger partial charge in [0.1, 0.15) is 6.10 Å². The van der Waals surface area contributed by atoms with Crippen LogP contribution in [0.25, 0.3) is 0 Å². The van der Waals surface area contributed by atoms with Crippen molar-refractivity contribution in [2.45, 2.75) is 39.6 Å². The number of hydrogen-bond donors (Lipinski definition) is 1. The Bertz CT molecular complexity index is 228. The Labute approximate surface area is 152 Å². The van der Waals surface area contributed by atoms with E-state index in [0.29, 0.717) is 13.2 Å². The van der Waals surface area contributed by atoms with E-state index in [0.717, 1.165) is 6.42 Å². The summed E-state index contributed by atoms with van der Waals surface area (Å²) < 4.78 is 15.8. The minimum absolute atomic E-state index is 0. The van der Waals surface area contributed by atoms with Gasteiger partial charge in [0, 0.05) is 0 Å². The summed E-state index contributed by atoms with van der Waals surface area (Å²) in [6.45, 7) is 8.40. The fourth-order valence-corrected chi connectivity index (χ4v) is 1.84. The van der Waals surface area contributed by atoms with Crippen molar-refractivity contribution in [3.63, 3.8) is 0 Å². The van der Waals surface area contributed by atoms with Crippen LogP contribution in [0.4, 0.5) is 4.79 Å². The van der Waals surface area contributed by atoms with E-state index in [1.54, 1.807) is 13.5 Å². The standard InChI is InChI=1S/C9H14NO4.C2H6.Rb/c1-2-10-9(11)14-7-5-13-8-6(7)3-4-12-8;1-2;/h2,6-8H,3-5H2,1H3,(H,10,11);1-2H3;/q-1;;+1. The van der Waals surface area contributed by atoms with E-state index in [1.165, 1.54) is 0 Å². The van der Waals surface area contributed by atoms with Crippen molar-refractivity contribution in [1.82, 2.24) is 5.32 Å².